The number of thioether (sulfide) groups is 1. The predicted octanol–water partition coefficient (Wildman–Crippen LogP) is 2.85. The molecule has 0 aromatic carbocycles. The molecule has 1 heterocycles. The summed E-state index contributed by atoms with van der Waals surface area (Å²) in [5.41, 5.74) is 0. The molecule has 1 heteroatoms. The van der Waals surface area contributed by atoms with Crippen LogP contribution in [0.2, 0.25) is 0 Å². The molecule has 0 bridgehead atoms. The molecule has 1 atom stereocenters. The maximum Gasteiger partial charge on any atom is 0.0230 e. The molecule has 0 amide bonds. The van der Waals surface area contributed by atoms with Crippen molar-refractivity contribution in [3.8, 4) is 0 Å². The number of hydrogen-bond acceptors (Lipinski definition) is 1. The number of unbranched alkanes of at least 4 members (excludes halogenated alkanes) is 1. The maximum atomic E-state index is 2.35. The van der Waals surface area contributed by atoms with Crippen molar-refractivity contribution < 1.29 is 0 Å². The van der Waals surface area contributed by atoms with Gasteiger partial charge in [0.2, 0.25) is 0 Å². The van der Waals surface area contributed by atoms with Gasteiger partial charge in [0.15, 0.2) is 0 Å². The highest BCUT2D eigenvalue weighted by Crippen LogP contribution is 2.23. The van der Waals surface area contributed by atoms with Gasteiger partial charge in [-0.3, -0.25) is 0 Å². The molecule has 0 nitrogen and oxygen atoms in total. The van der Waals surface area contributed by atoms with Crippen LogP contribution in [-0.4, -0.2) is 11.0 Å². The highest BCUT2D eigenvalue weighted by molar-refractivity contribution is 8.00. The summed E-state index contributed by atoms with van der Waals surface area (Å²) in [5, 5.41) is 0.852. The van der Waals surface area contributed by atoms with Crippen LogP contribution in [0.15, 0.2) is 12.2 Å². The summed E-state index contributed by atoms with van der Waals surface area (Å²) in [6.45, 7) is 2.25. The van der Waals surface area contributed by atoms with Crippen molar-refractivity contribution in [2.24, 2.45) is 0 Å². The molecule has 52 valence electrons. The minimum atomic E-state index is 0.852. The first kappa shape index (κ1) is 7.20. The van der Waals surface area contributed by atoms with Gasteiger partial charge in [0.05, 0.1) is 0 Å². The van der Waals surface area contributed by atoms with Gasteiger partial charge in [0, 0.05) is 11.0 Å². The maximum absolute atomic E-state index is 2.35. The third kappa shape index (κ3) is 2.44. The van der Waals surface area contributed by atoms with Crippen LogP contribution in [0.1, 0.15) is 26.2 Å². The van der Waals surface area contributed by atoms with Crippen LogP contribution in [0.4, 0.5) is 0 Å². The Kier molecular flexibility index (Phi) is 3.20. The van der Waals surface area contributed by atoms with Gasteiger partial charge in [-0.25, -0.2) is 0 Å². The number of rotatable bonds is 3. The van der Waals surface area contributed by atoms with Gasteiger partial charge in [0.25, 0.3) is 0 Å². The van der Waals surface area contributed by atoms with Crippen LogP contribution < -0.4 is 0 Å². The summed E-state index contributed by atoms with van der Waals surface area (Å²) in [6.07, 6.45) is 8.75. The van der Waals surface area contributed by atoms with E-state index in [-0.39, 0.29) is 0 Å². The lowest BCUT2D eigenvalue weighted by molar-refractivity contribution is 0.740. The lowest BCUT2D eigenvalue weighted by Crippen LogP contribution is -1.92. The Hall–Kier alpha value is 0.0900. The second kappa shape index (κ2) is 3.99. The van der Waals surface area contributed by atoms with E-state index in [1.807, 2.05) is 0 Å². The monoisotopic (exact) mass is 142 g/mol. The summed E-state index contributed by atoms with van der Waals surface area (Å²) in [5.74, 6) is 1.24. The van der Waals surface area contributed by atoms with Crippen molar-refractivity contribution in [1.82, 2.24) is 0 Å². The van der Waals surface area contributed by atoms with Gasteiger partial charge in [-0.15, -0.1) is 0 Å². The molecule has 0 saturated heterocycles. The SMILES string of the molecule is CCCCC1C=CCS1. The molecule has 0 fully saturated rings. The molecular formula is C8H14S. The van der Waals surface area contributed by atoms with Gasteiger partial charge < -0.3 is 0 Å². The smallest absolute Gasteiger partial charge is 0.0230 e. The van der Waals surface area contributed by atoms with Crippen molar-refractivity contribution >= 4 is 11.8 Å². The predicted molar refractivity (Wildman–Crippen MR) is 44.9 cm³/mol. The second-order valence-corrected chi connectivity index (χ2v) is 3.71. The molecule has 0 N–H and O–H groups in total. The molecule has 1 aliphatic heterocycles. The van der Waals surface area contributed by atoms with E-state index >= 15 is 0 Å². The second-order valence-electron chi connectivity index (χ2n) is 2.44. The van der Waals surface area contributed by atoms with E-state index in [1.54, 1.807) is 0 Å². The van der Waals surface area contributed by atoms with Crippen LogP contribution >= 0.6 is 11.8 Å². The first-order valence-corrected chi connectivity index (χ1v) is 4.76. The normalized spacial score (nSPS) is 25.2. The summed E-state index contributed by atoms with van der Waals surface area (Å²) in [7, 11) is 0. The Bertz CT molecular complexity index is 96.7. The molecule has 9 heavy (non-hydrogen) atoms. The minimum absolute atomic E-state index is 0.852. The zero-order valence-corrected chi connectivity index (χ0v) is 6.79. The summed E-state index contributed by atoms with van der Waals surface area (Å²) in [6, 6.07) is 0. The highest BCUT2D eigenvalue weighted by Gasteiger charge is 2.07. The van der Waals surface area contributed by atoms with E-state index in [0.717, 1.165) is 5.25 Å². The standard InChI is InChI=1S/C8H14S/c1-2-3-5-8-6-4-7-9-8/h4,6,8H,2-3,5,7H2,1H3. The van der Waals surface area contributed by atoms with Crippen LogP contribution in [0.3, 0.4) is 0 Å². The van der Waals surface area contributed by atoms with Crippen LogP contribution in [0.5, 0.6) is 0 Å². The highest BCUT2D eigenvalue weighted by atomic mass is 32.2. The molecule has 0 aromatic heterocycles. The zero-order valence-electron chi connectivity index (χ0n) is 5.97. The summed E-state index contributed by atoms with van der Waals surface area (Å²) >= 11 is 2.07. The first-order chi connectivity index (χ1) is 4.43. The van der Waals surface area contributed by atoms with E-state index < -0.39 is 0 Å². The van der Waals surface area contributed by atoms with Crippen molar-refractivity contribution in [3.63, 3.8) is 0 Å². The molecule has 1 unspecified atom stereocenters. The van der Waals surface area contributed by atoms with Crippen LogP contribution in [-0.2, 0) is 0 Å². The summed E-state index contributed by atoms with van der Waals surface area (Å²) < 4.78 is 0. The van der Waals surface area contributed by atoms with Crippen LogP contribution in [0.25, 0.3) is 0 Å². The largest absolute Gasteiger partial charge is 0.150 e. The molecular weight excluding hydrogens is 128 g/mol. The molecule has 1 aliphatic rings. The molecule has 0 spiro atoms. The Labute approximate surface area is 61.7 Å². The minimum Gasteiger partial charge on any atom is -0.150 e. The Morgan fingerprint density at radius 1 is 1.67 bits per heavy atom. The topological polar surface area (TPSA) is 0 Å². The Morgan fingerprint density at radius 3 is 3.11 bits per heavy atom. The molecule has 0 aromatic rings. The Morgan fingerprint density at radius 2 is 2.56 bits per heavy atom. The lowest BCUT2D eigenvalue weighted by Gasteiger charge is -2.03. The lowest BCUT2D eigenvalue weighted by atomic mass is 10.2. The van der Waals surface area contributed by atoms with Gasteiger partial charge in [-0.05, 0) is 6.42 Å². The van der Waals surface area contributed by atoms with E-state index in [4.69, 9.17) is 0 Å². The molecule has 0 saturated carbocycles. The van der Waals surface area contributed by atoms with E-state index in [0.29, 0.717) is 0 Å². The quantitative estimate of drug-likeness (QED) is 0.546. The first-order valence-electron chi connectivity index (χ1n) is 3.71. The Balaban J connectivity index is 2.05. The van der Waals surface area contributed by atoms with Gasteiger partial charge in [0.1, 0.15) is 0 Å². The third-order valence-electron chi connectivity index (χ3n) is 1.60. The fourth-order valence-electron chi connectivity index (χ4n) is 1.03. The average Bonchev–Trinajstić information content (AvgIpc) is 2.34. The molecule has 1 rings (SSSR count). The molecule has 0 radical (unpaired) electrons. The van der Waals surface area contributed by atoms with E-state index in [9.17, 15) is 0 Å². The fraction of sp³-hybridized carbons (Fsp3) is 0.750. The third-order valence-corrected chi connectivity index (χ3v) is 2.81. The summed E-state index contributed by atoms with van der Waals surface area (Å²) in [4.78, 5) is 0. The molecule has 0 aliphatic carbocycles. The van der Waals surface area contributed by atoms with Gasteiger partial charge >= 0.3 is 0 Å². The van der Waals surface area contributed by atoms with Gasteiger partial charge in [-0.1, -0.05) is 31.9 Å². The van der Waals surface area contributed by atoms with Crippen molar-refractivity contribution in [3.05, 3.63) is 12.2 Å². The van der Waals surface area contributed by atoms with Crippen LogP contribution in [0, 0.1) is 0 Å². The zero-order chi connectivity index (χ0) is 6.53. The number of hydrogen-bond donors (Lipinski definition) is 0. The van der Waals surface area contributed by atoms with E-state index in [2.05, 4.69) is 30.8 Å². The van der Waals surface area contributed by atoms with E-state index in [1.165, 1.54) is 25.0 Å². The average molecular weight is 142 g/mol. The van der Waals surface area contributed by atoms with Crippen molar-refractivity contribution in [2.45, 2.75) is 31.4 Å². The fourth-order valence-corrected chi connectivity index (χ4v) is 2.05. The van der Waals surface area contributed by atoms with Gasteiger partial charge in [-0.2, -0.15) is 11.8 Å². The van der Waals surface area contributed by atoms with Crippen molar-refractivity contribution in [2.75, 3.05) is 5.75 Å². The van der Waals surface area contributed by atoms with Crippen molar-refractivity contribution in [1.29, 1.82) is 0 Å².